The van der Waals surface area contributed by atoms with Crippen molar-refractivity contribution in [3.05, 3.63) is 30.9 Å². The molecule has 2 nitrogen and oxygen atoms in total. The number of carbonyl (C=O) groups is 1. The van der Waals surface area contributed by atoms with E-state index in [0.717, 1.165) is 0 Å². The van der Waals surface area contributed by atoms with Gasteiger partial charge in [0, 0.05) is 38.9 Å². The Hall–Kier alpha value is 0.989. The van der Waals surface area contributed by atoms with E-state index in [1.807, 2.05) is 0 Å². The summed E-state index contributed by atoms with van der Waals surface area (Å²) in [7, 11) is 5.51. The molecule has 0 spiro atoms. The van der Waals surface area contributed by atoms with Crippen LogP contribution in [0.2, 0.25) is 0 Å². The minimum Gasteiger partial charge on any atom is -0.380 e. The summed E-state index contributed by atoms with van der Waals surface area (Å²) >= 11 is 16.4. The molecule has 0 aliphatic carbocycles. The first-order chi connectivity index (χ1) is 6.34. The molecule has 1 atom stereocenters. The van der Waals surface area contributed by atoms with Crippen molar-refractivity contribution in [2.75, 3.05) is 0 Å². The molecule has 0 saturated heterocycles. The number of hydrogen-bond acceptors (Lipinski definition) is 1. The molecule has 77 valence electrons. The first-order valence-corrected chi connectivity index (χ1v) is 4.84. The van der Waals surface area contributed by atoms with E-state index in [-0.39, 0.29) is 38.4 Å². The Labute approximate surface area is 130 Å². The Morgan fingerprint density at radius 3 is 2.47 bits per heavy atom. The molecule has 0 aliphatic rings. The van der Waals surface area contributed by atoms with Gasteiger partial charge in [0.1, 0.15) is 0 Å². The van der Waals surface area contributed by atoms with E-state index >= 15 is 0 Å². The molecule has 1 rings (SSSR count). The van der Waals surface area contributed by atoms with Gasteiger partial charge in [-0.15, -0.1) is 5.94 Å². The van der Waals surface area contributed by atoms with Crippen molar-refractivity contribution in [1.82, 2.24) is 4.57 Å². The smallest absolute Gasteiger partial charge is 0.255 e. The van der Waals surface area contributed by atoms with Crippen LogP contribution in [0, 0.1) is 6.92 Å². The van der Waals surface area contributed by atoms with E-state index < -0.39 is 15.5 Å². The second-order valence-corrected chi connectivity index (χ2v) is 4.98. The second-order valence-electron chi connectivity index (χ2n) is 2.69. The fraction of sp³-hybridized carbons (Fsp3) is 0.250. The molecule has 0 aliphatic heterocycles. The van der Waals surface area contributed by atoms with Gasteiger partial charge in [0.2, 0.25) is 5.78 Å². The number of rotatable bonds is 2. The third kappa shape index (κ3) is 4.05. The van der Waals surface area contributed by atoms with Gasteiger partial charge in [-0.2, -0.15) is 0 Å². The minimum absolute atomic E-state index is 0. The molecule has 15 heavy (non-hydrogen) atoms. The zero-order chi connectivity index (χ0) is 10.9. The number of alkyl halides is 3. The first kappa shape index (κ1) is 16.0. The predicted molar refractivity (Wildman–Crippen MR) is 59.2 cm³/mol. The molecular weight excluding hydrogens is 332 g/mol. The van der Waals surface area contributed by atoms with E-state index in [1.165, 1.54) is 10.6 Å². The van der Waals surface area contributed by atoms with Crippen LogP contribution in [-0.2, 0) is 32.7 Å². The molecule has 0 fully saturated rings. The summed E-state index contributed by atoms with van der Waals surface area (Å²) in [4.78, 5) is 11.6. The number of nitrogens with zero attached hydrogens (tertiary/aromatic N) is 1. The zero-order valence-corrected chi connectivity index (χ0v) is 12.8. The van der Waals surface area contributed by atoms with Gasteiger partial charge in [-0.1, -0.05) is 34.8 Å². The van der Waals surface area contributed by atoms with Gasteiger partial charge < -0.3 is 11.5 Å². The van der Waals surface area contributed by atoms with Gasteiger partial charge in [-0.25, -0.2) is 0 Å². The summed E-state index contributed by atoms with van der Waals surface area (Å²) < 4.78 is -0.533. The Balaban J connectivity index is 0.00000196. The number of ketones is 1. The van der Waals surface area contributed by atoms with E-state index in [4.69, 9.17) is 42.6 Å². The van der Waals surface area contributed by atoms with Gasteiger partial charge in [0.25, 0.3) is 3.79 Å². The number of carbonyl (C=O) groups excluding carboxylic acids is 1. The number of halogens is 3. The van der Waals surface area contributed by atoms with E-state index in [2.05, 4.69) is 6.92 Å². The SMILES string of the molecule is [B]C([CH2-])n1cccc1C(=O)C(Cl)(Cl)Cl.[Y]. The quantitative estimate of drug-likeness (QED) is 0.352. The molecular formula is C8H6BCl3NOY-. The molecule has 1 aromatic rings. The monoisotopic (exact) mass is 337 g/mol. The molecule has 0 amide bonds. The summed E-state index contributed by atoms with van der Waals surface area (Å²) in [5.41, 5.74) is 0.229. The molecule has 3 radical (unpaired) electrons. The molecule has 1 aromatic heterocycles. The fourth-order valence-electron chi connectivity index (χ4n) is 1.02. The fourth-order valence-corrected chi connectivity index (χ4v) is 1.31. The van der Waals surface area contributed by atoms with Crippen LogP contribution in [0.5, 0.6) is 0 Å². The zero-order valence-electron chi connectivity index (χ0n) is 7.66. The normalized spacial score (nSPS) is 13.1. The van der Waals surface area contributed by atoms with Crippen LogP contribution in [0.4, 0.5) is 0 Å². The number of hydrogen-bond donors (Lipinski definition) is 0. The maximum absolute atomic E-state index is 11.6. The van der Waals surface area contributed by atoms with Gasteiger partial charge in [0.05, 0.1) is 13.5 Å². The van der Waals surface area contributed by atoms with Crippen molar-refractivity contribution in [2.45, 2.75) is 9.73 Å². The standard InChI is InChI=1S/C8H6BCl3NO.Y/c1-5(9)13-4-2-3-6(13)7(14)8(10,11)12;/h2-5H,1H2;/q-1;. The van der Waals surface area contributed by atoms with E-state index in [9.17, 15) is 4.79 Å². The van der Waals surface area contributed by atoms with Gasteiger partial charge in [0.15, 0.2) is 0 Å². The summed E-state index contributed by atoms with van der Waals surface area (Å²) in [5, 5.41) is 0. The van der Waals surface area contributed by atoms with Crippen molar-refractivity contribution in [3.8, 4) is 0 Å². The van der Waals surface area contributed by atoms with Crippen LogP contribution in [0.15, 0.2) is 18.3 Å². The number of Topliss-reactive ketones (excluding diaryl/α,β-unsaturated/α-hetero) is 1. The van der Waals surface area contributed by atoms with Crippen LogP contribution in [-0.4, -0.2) is 22.0 Å². The maximum atomic E-state index is 11.6. The Bertz CT molecular complexity index is 348. The summed E-state index contributed by atoms with van der Waals surface area (Å²) in [6, 6.07) is 3.16. The number of aromatic nitrogens is 1. The summed E-state index contributed by atoms with van der Waals surface area (Å²) in [6.07, 6.45) is 1.60. The molecule has 0 N–H and O–H groups in total. The average molecular weight is 338 g/mol. The Morgan fingerprint density at radius 2 is 2.07 bits per heavy atom. The van der Waals surface area contributed by atoms with Crippen molar-refractivity contribution in [3.63, 3.8) is 0 Å². The summed E-state index contributed by atoms with van der Waals surface area (Å²) in [5.74, 6) is -1.21. The summed E-state index contributed by atoms with van der Waals surface area (Å²) in [6.45, 7) is 3.57. The van der Waals surface area contributed by atoms with Crippen molar-refractivity contribution in [2.24, 2.45) is 0 Å². The minimum atomic E-state index is -1.97. The van der Waals surface area contributed by atoms with Crippen LogP contribution < -0.4 is 0 Å². The van der Waals surface area contributed by atoms with Gasteiger partial charge in [-0.3, -0.25) is 4.79 Å². The molecule has 1 unspecified atom stereocenters. The molecule has 0 saturated carbocycles. The largest absolute Gasteiger partial charge is 0.380 e. The molecule has 7 heteroatoms. The van der Waals surface area contributed by atoms with Gasteiger partial charge in [-0.05, 0) is 12.1 Å². The van der Waals surface area contributed by atoms with Crippen molar-refractivity contribution < 1.29 is 37.5 Å². The Kier molecular flexibility index (Phi) is 6.47. The second kappa shape index (κ2) is 6.07. The third-order valence-electron chi connectivity index (χ3n) is 1.63. The van der Waals surface area contributed by atoms with Crippen molar-refractivity contribution in [1.29, 1.82) is 0 Å². The Morgan fingerprint density at radius 1 is 1.53 bits per heavy atom. The predicted octanol–water partition coefficient (Wildman–Crippen LogP) is 2.54. The molecule has 0 bridgehead atoms. The average Bonchev–Trinajstić information content (AvgIpc) is 2.48. The topological polar surface area (TPSA) is 22.0 Å². The molecule has 1 heterocycles. The maximum Gasteiger partial charge on any atom is 0.255 e. The van der Waals surface area contributed by atoms with Crippen LogP contribution in [0.1, 0.15) is 16.4 Å². The van der Waals surface area contributed by atoms with Crippen LogP contribution in [0.25, 0.3) is 0 Å². The van der Waals surface area contributed by atoms with E-state index in [0.29, 0.717) is 0 Å². The third-order valence-corrected chi connectivity index (χ3v) is 2.14. The van der Waals surface area contributed by atoms with Crippen molar-refractivity contribution >= 4 is 48.4 Å². The molecule has 0 aromatic carbocycles. The van der Waals surface area contributed by atoms with Gasteiger partial charge >= 0.3 is 0 Å². The van der Waals surface area contributed by atoms with Crippen LogP contribution in [0.3, 0.4) is 0 Å². The van der Waals surface area contributed by atoms with E-state index in [1.54, 1.807) is 12.3 Å². The first-order valence-electron chi connectivity index (χ1n) is 3.71. The van der Waals surface area contributed by atoms with Crippen LogP contribution >= 0.6 is 34.8 Å².